The molecule has 0 aliphatic carbocycles. The fraction of sp³-hybridized carbons (Fsp3) is 0.662. The van der Waals surface area contributed by atoms with Gasteiger partial charge in [-0.05, 0) is 145 Å². The quantitative estimate of drug-likeness (QED) is 0.0127. The number of carbonyl (C=O) groups is 12. The first-order chi connectivity index (χ1) is 52.6. The van der Waals surface area contributed by atoms with Crippen LogP contribution in [0.3, 0.4) is 0 Å². The van der Waals surface area contributed by atoms with Gasteiger partial charge in [0.15, 0.2) is 11.9 Å². The van der Waals surface area contributed by atoms with Gasteiger partial charge in [0.1, 0.15) is 66.2 Å². The molecule has 624 valence electrons. The van der Waals surface area contributed by atoms with Crippen LogP contribution in [0.4, 0.5) is 0 Å². The number of benzene rings is 1. The summed E-state index contributed by atoms with van der Waals surface area (Å²) in [6.45, 7) is 6.50. The summed E-state index contributed by atoms with van der Waals surface area (Å²) in [6.07, 6.45) is 7.70. The number of nitrogens with two attached hydrogens (primary N) is 7. The van der Waals surface area contributed by atoms with Crippen molar-refractivity contribution in [3.05, 3.63) is 48.0 Å². The van der Waals surface area contributed by atoms with Crippen molar-refractivity contribution in [1.82, 2.24) is 73.4 Å². The molecule has 1 aromatic heterocycles. The smallest absolute Gasteiger partial charge is 0.469 e. The van der Waals surface area contributed by atoms with Crippen molar-refractivity contribution in [3.63, 3.8) is 0 Å². The zero-order valence-electron chi connectivity index (χ0n) is 63.9. The predicted octanol–water partition coefficient (Wildman–Crippen LogP) is -5.88. The van der Waals surface area contributed by atoms with E-state index in [1.807, 2.05) is 6.92 Å². The highest BCUT2D eigenvalue weighted by Gasteiger charge is 2.39. The minimum Gasteiger partial charge on any atom is -0.508 e. The second-order valence-electron chi connectivity index (χ2n) is 27.4. The number of guanidine groups is 2. The topological polar surface area (TPSA) is 683 Å². The van der Waals surface area contributed by atoms with Crippen molar-refractivity contribution < 1.29 is 86.6 Å². The molecule has 0 radical (unpaired) electrons. The molecule has 0 saturated carbocycles. The number of thioether (sulfide) groups is 1. The minimum atomic E-state index is -5.35. The fourth-order valence-electron chi connectivity index (χ4n) is 11.5. The number of nitrogens with one attached hydrogen (secondary N) is 12. The Balaban J connectivity index is 1.94. The lowest BCUT2D eigenvalue weighted by atomic mass is 9.96. The number of rotatable bonds is 53. The number of aliphatic hydroxyl groups is 1. The molecule has 13 atom stereocenters. The fourth-order valence-corrected chi connectivity index (χ4v) is 12.3. The van der Waals surface area contributed by atoms with E-state index in [4.69, 9.17) is 40.1 Å². The van der Waals surface area contributed by atoms with E-state index in [1.54, 1.807) is 38.9 Å². The SMILES string of the molecule is CCC(C)[C@H](NC(=O)[C@@H](N)CCCN=C(N)N)C(=O)N[C@H](Cc1cnc[nH]1)C(=O)N[C@@H](CCSC)C(=O)N[C@H](C(=O)N[C@@H](Cc1ccc(O)cc1)C(=O)N[C@@H](CO)C(=O)N[C@@H](CCCCN)C(=O)N[C@@H](CCCN=C(N)N)C(=O)N[C@@H](COP(=O)(O)O)C(=O)NCC(=O)N[C@@H](CCCCN)C(=O)N1CCC[C@H]1C)C(C)C. The molecule has 2 heterocycles. The first-order valence-electron chi connectivity index (χ1n) is 37.0. The number of carbonyl (C=O) groups excluding carboxylic acids is 12. The van der Waals surface area contributed by atoms with E-state index < -0.39 is 171 Å². The van der Waals surface area contributed by atoms with Crippen LogP contribution in [0.1, 0.15) is 136 Å². The summed E-state index contributed by atoms with van der Waals surface area (Å²) in [5, 5.41) is 49.0. The maximum atomic E-state index is 14.7. The van der Waals surface area contributed by atoms with Gasteiger partial charge in [-0.25, -0.2) is 9.55 Å². The normalized spacial score (nSPS) is 16.0. The zero-order chi connectivity index (χ0) is 82.9. The number of phosphoric acid groups is 1. The highest BCUT2D eigenvalue weighted by Crippen LogP contribution is 2.35. The largest absolute Gasteiger partial charge is 0.508 e. The number of likely N-dealkylation sites (tertiary alicyclic amines) is 1. The Morgan fingerprint density at radius 1 is 0.622 bits per heavy atom. The maximum absolute atomic E-state index is 14.7. The number of unbranched alkanes of at least 4 members (excludes halogenated alkanes) is 2. The molecule has 0 spiro atoms. The number of hydrogen-bond donors (Lipinski definition) is 23. The van der Waals surface area contributed by atoms with E-state index in [9.17, 15) is 82.1 Å². The minimum absolute atomic E-state index is 0.00199. The monoisotopic (exact) mass is 1610 g/mol. The molecule has 30 N–H and O–H groups in total. The van der Waals surface area contributed by atoms with Gasteiger partial charge in [-0.3, -0.25) is 72.0 Å². The molecule has 41 nitrogen and oxygen atoms in total. The van der Waals surface area contributed by atoms with Gasteiger partial charge in [-0.2, -0.15) is 11.8 Å². The third kappa shape index (κ3) is 36.2. The number of H-pyrrole nitrogens is 1. The van der Waals surface area contributed by atoms with Crippen molar-refractivity contribution in [2.45, 2.75) is 210 Å². The van der Waals surface area contributed by atoms with Crippen LogP contribution in [0.2, 0.25) is 0 Å². The number of aliphatic imine (C=N–C) groups is 2. The number of aromatic amines is 1. The Labute approximate surface area is 649 Å². The number of nitrogens with zero attached hydrogens (tertiary/aromatic N) is 4. The van der Waals surface area contributed by atoms with Crippen LogP contribution in [0.15, 0.2) is 46.8 Å². The average Bonchev–Trinajstić information content (AvgIpc) is 1.82. The van der Waals surface area contributed by atoms with E-state index in [1.165, 1.54) is 48.6 Å². The van der Waals surface area contributed by atoms with Gasteiger partial charge >= 0.3 is 7.82 Å². The highest BCUT2D eigenvalue weighted by atomic mass is 32.2. The second-order valence-corrected chi connectivity index (χ2v) is 29.6. The first-order valence-corrected chi connectivity index (χ1v) is 39.9. The van der Waals surface area contributed by atoms with Gasteiger partial charge in [0.05, 0.1) is 32.1 Å². The average molecular weight is 1610 g/mol. The molecule has 1 aliphatic rings. The summed E-state index contributed by atoms with van der Waals surface area (Å²) in [6, 6.07) is -10.7. The van der Waals surface area contributed by atoms with Crippen LogP contribution in [-0.4, -0.2) is 255 Å². The van der Waals surface area contributed by atoms with E-state index in [2.05, 4.69) is 83.0 Å². The predicted molar refractivity (Wildman–Crippen MR) is 413 cm³/mol. The van der Waals surface area contributed by atoms with Crippen LogP contribution in [0.25, 0.3) is 0 Å². The summed E-state index contributed by atoms with van der Waals surface area (Å²) in [5.41, 5.74) is 40.3. The molecule has 1 saturated heterocycles. The van der Waals surface area contributed by atoms with Crippen LogP contribution in [0, 0.1) is 11.8 Å². The van der Waals surface area contributed by atoms with Crippen LogP contribution >= 0.6 is 19.6 Å². The van der Waals surface area contributed by atoms with E-state index in [0.717, 1.165) is 12.8 Å². The zero-order valence-corrected chi connectivity index (χ0v) is 65.6. The molecule has 0 bridgehead atoms. The van der Waals surface area contributed by atoms with Crippen LogP contribution in [-0.2, 0) is 79.5 Å². The third-order valence-electron chi connectivity index (χ3n) is 18.1. The van der Waals surface area contributed by atoms with Gasteiger partial charge < -0.3 is 129 Å². The number of phenols is 1. The van der Waals surface area contributed by atoms with Gasteiger partial charge in [0.25, 0.3) is 0 Å². The number of phosphoric ester groups is 1. The Morgan fingerprint density at radius 2 is 1.11 bits per heavy atom. The van der Waals surface area contributed by atoms with Crippen molar-refractivity contribution >= 4 is 102 Å². The Bertz CT molecular complexity index is 3420. The molecule has 1 aromatic carbocycles. The Hall–Kier alpha value is -9.29. The van der Waals surface area contributed by atoms with Crippen molar-refractivity contribution in [1.29, 1.82) is 0 Å². The molecule has 2 aromatic rings. The van der Waals surface area contributed by atoms with Gasteiger partial charge in [0.2, 0.25) is 70.9 Å². The lowest BCUT2D eigenvalue weighted by Gasteiger charge is -2.29. The number of aliphatic hydroxyl groups excluding tert-OH is 1. The molecular formula is C68H118N23O18PS. The molecule has 1 aliphatic heterocycles. The number of amides is 12. The molecule has 3 rings (SSSR count). The Morgan fingerprint density at radius 3 is 1.61 bits per heavy atom. The summed E-state index contributed by atoms with van der Waals surface area (Å²) in [4.78, 5) is 206. The van der Waals surface area contributed by atoms with Gasteiger partial charge in [0, 0.05) is 50.4 Å². The summed E-state index contributed by atoms with van der Waals surface area (Å²) >= 11 is 1.33. The van der Waals surface area contributed by atoms with Gasteiger partial charge in [-0.1, -0.05) is 46.2 Å². The molecular weight excluding hydrogens is 1490 g/mol. The molecule has 12 amide bonds. The highest BCUT2D eigenvalue weighted by molar-refractivity contribution is 7.98. The van der Waals surface area contributed by atoms with Gasteiger partial charge in [-0.15, -0.1) is 0 Å². The first kappa shape index (κ1) is 95.9. The molecule has 111 heavy (non-hydrogen) atoms. The number of imidazole rings is 1. The second kappa shape index (κ2) is 50.6. The molecule has 1 fully saturated rings. The van der Waals surface area contributed by atoms with Crippen molar-refractivity contribution in [3.8, 4) is 5.75 Å². The van der Waals surface area contributed by atoms with Crippen molar-refractivity contribution in [2.24, 2.45) is 62.0 Å². The van der Waals surface area contributed by atoms with Crippen LogP contribution in [0.5, 0.6) is 5.75 Å². The van der Waals surface area contributed by atoms with E-state index in [-0.39, 0.29) is 107 Å². The lowest BCUT2D eigenvalue weighted by molar-refractivity contribution is -0.137. The number of hydrogen-bond acceptors (Lipinski definition) is 23. The van der Waals surface area contributed by atoms with Crippen LogP contribution < -0.4 is 98.6 Å². The lowest BCUT2D eigenvalue weighted by Crippen LogP contribution is -2.62. The third-order valence-corrected chi connectivity index (χ3v) is 19.2. The van der Waals surface area contributed by atoms with E-state index >= 15 is 0 Å². The number of aromatic hydroxyl groups is 1. The maximum Gasteiger partial charge on any atom is 0.469 e. The summed E-state index contributed by atoms with van der Waals surface area (Å²) in [5.74, 6) is -12.3. The van der Waals surface area contributed by atoms with Crippen molar-refractivity contribution in [2.75, 3.05) is 64.5 Å². The summed E-state index contributed by atoms with van der Waals surface area (Å²) < 4.78 is 16.6. The summed E-state index contributed by atoms with van der Waals surface area (Å²) in [7, 11) is -5.35. The van der Waals surface area contributed by atoms with E-state index in [0.29, 0.717) is 62.2 Å². The number of aromatic nitrogens is 2. The number of phenolic OH excluding ortho intramolecular Hbond substituents is 1. The molecule has 1 unspecified atom stereocenters. The standard InChI is InChI=1S/C68H118N23O18PS/c1-7-39(4)55(90-56(95)44(71)16-12-27-77-67(72)73)65(104)86-50(32-42-33-76-37-80-42)62(101)84-47(24-30-111-6)60(99)89-54(38(2)3)64(103)85-49(31-41-20-22-43(93)23-21-41)61(100)87-51(35-92)63(102)83-45(17-8-10-25-69)58(97)82-46(19-13-28-78-68(74)75)59(98)88-52(36-109-110(106,107)108)57(96)79-34-53(94)81-48(18-9-11-26-70)66(105)91-29-14-15-40(91)5/h20-23,33,37-40,44-52,54-55,92-93H,7-19,24-32,34-36,69-71H2,1-6H3,(H,76,80)(H,79,96)(H,81,94)(H,82,97)(H,83,102)(H,84,101)(H,85,103)(H,86,104)(H,87,100)(H,88,98)(H,89,99)(H,90,95)(H4,72,73,77)(H4,74,75,78)(H2,106,107,108)/t39?,40-,44+,45+,46+,47+,48+,49+,50-,51+,52+,54+,55+/m1/s1. The Kier molecular flexibility index (Phi) is 43.7. The molecule has 43 heteroatoms.